The first-order valence-corrected chi connectivity index (χ1v) is 15.1. The highest BCUT2D eigenvalue weighted by molar-refractivity contribution is 5.94. The molecule has 2 aliphatic rings. The fourth-order valence-electron chi connectivity index (χ4n) is 6.09. The van der Waals surface area contributed by atoms with Gasteiger partial charge in [-0.3, -0.25) is 14.4 Å². The molecule has 222 valence electrons. The van der Waals surface area contributed by atoms with Crippen molar-refractivity contribution in [3.05, 3.63) is 70.3 Å². The van der Waals surface area contributed by atoms with Crippen LogP contribution < -0.4 is 16.0 Å². The van der Waals surface area contributed by atoms with Gasteiger partial charge in [-0.05, 0) is 71.9 Å². The first-order chi connectivity index (χ1) is 19.3. The maximum Gasteiger partial charge on any atom is 0.246 e. The predicted octanol–water partition coefficient (Wildman–Crippen LogP) is 4.64. The topological polar surface area (TPSA) is 90.5 Å². The number of nitrogens with zero attached hydrogens (tertiary/aromatic N) is 1. The van der Waals surface area contributed by atoms with Gasteiger partial charge in [0.2, 0.25) is 17.7 Å². The molecule has 5 atom stereocenters. The Kier molecular flexibility index (Phi) is 9.27. The van der Waals surface area contributed by atoms with E-state index < -0.39 is 23.5 Å². The molecule has 2 aromatic carbocycles. The quantitative estimate of drug-likeness (QED) is 0.460. The second-order valence-corrected chi connectivity index (χ2v) is 13.5. The first kappa shape index (κ1) is 30.8. The number of hydrogen-bond acceptors (Lipinski definition) is 4. The molecule has 0 aromatic heterocycles. The Labute approximate surface area is 245 Å². The molecular weight excluding hydrogens is 512 g/mol. The standard InChI is InChI=1S/C34H48N4O3/c1-20(2)23-13-14-24-18-29(32(40)36-28-16-21(3)15-25-11-9-10-12-27(25)28)38(19-26(24)17-23)33(41)30(34(5,6)7)37-31(39)22(4)35-8/h9-14,17,20-22,28-30,35H,15-16,18-19H2,1-8H3,(H,36,40)(H,37,39)/t21?,22-,28+,29-,30+/m0/s1. The zero-order valence-corrected chi connectivity index (χ0v) is 26.0. The Morgan fingerprint density at radius 3 is 2.32 bits per heavy atom. The molecule has 1 aliphatic heterocycles. The number of amides is 3. The minimum absolute atomic E-state index is 0.0984. The van der Waals surface area contributed by atoms with E-state index in [2.05, 4.69) is 73.1 Å². The van der Waals surface area contributed by atoms with E-state index in [1.54, 1.807) is 18.9 Å². The molecule has 0 saturated heterocycles. The summed E-state index contributed by atoms with van der Waals surface area (Å²) in [5, 5.41) is 9.28. The van der Waals surface area contributed by atoms with Gasteiger partial charge < -0.3 is 20.9 Å². The molecule has 0 spiro atoms. The van der Waals surface area contributed by atoms with Gasteiger partial charge in [-0.15, -0.1) is 0 Å². The lowest BCUT2D eigenvalue weighted by atomic mass is 9.81. The van der Waals surface area contributed by atoms with Crippen LogP contribution in [0.15, 0.2) is 42.5 Å². The van der Waals surface area contributed by atoms with Gasteiger partial charge in [-0.25, -0.2) is 0 Å². The van der Waals surface area contributed by atoms with E-state index in [1.165, 1.54) is 11.1 Å². The minimum Gasteiger partial charge on any atom is -0.347 e. The zero-order valence-electron chi connectivity index (χ0n) is 26.0. The second kappa shape index (κ2) is 12.4. The van der Waals surface area contributed by atoms with Gasteiger partial charge in [0, 0.05) is 13.0 Å². The van der Waals surface area contributed by atoms with Gasteiger partial charge in [0.25, 0.3) is 0 Å². The number of likely N-dealkylation sites (N-methyl/N-ethyl adjacent to an activating group) is 1. The first-order valence-electron chi connectivity index (χ1n) is 15.1. The lowest BCUT2D eigenvalue weighted by Crippen LogP contribution is -2.62. The van der Waals surface area contributed by atoms with Gasteiger partial charge in [-0.2, -0.15) is 0 Å². The van der Waals surface area contributed by atoms with Crippen LogP contribution in [-0.2, 0) is 33.8 Å². The third kappa shape index (κ3) is 6.83. The van der Waals surface area contributed by atoms with Crippen molar-refractivity contribution < 1.29 is 14.4 Å². The van der Waals surface area contributed by atoms with Crippen LogP contribution in [0.4, 0.5) is 0 Å². The molecule has 2 aromatic rings. The van der Waals surface area contributed by atoms with E-state index in [1.807, 2.05) is 26.8 Å². The van der Waals surface area contributed by atoms with Crippen molar-refractivity contribution in [1.29, 1.82) is 0 Å². The predicted molar refractivity (Wildman–Crippen MR) is 163 cm³/mol. The largest absolute Gasteiger partial charge is 0.347 e. The van der Waals surface area contributed by atoms with Gasteiger partial charge in [-0.1, -0.05) is 84.0 Å². The number of hydrogen-bond donors (Lipinski definition) is 3. The van der Waals surface area contributed by atoms with Gasteiger partial charge >= 0.3 is 0 Å². The van der Waals surface area contributed by atoms with E-state index in [4.69, 9.17) is 0 Å². The van der Waals surface area contributed by atoms with E-state index >= 15 is 0 Å². The second-order valence-electron chi connectivity index (χ2n) is 13.5. The molecule has 1 aliphatic carbocycles. The lowest BCUT2D eigenvalue weighted by Gasteiger charge is -2.42. The average molecular weight is 561 g/mol. The minimum atomic E-state index is -0.786. The molecule has 0 radical (unpaired) electrons. The van der Waals surface area contributed by atoms with Crippen LogP contribution in [0.1, 0.15) is 94.7 Å². The summed E-state index contributed by atoms with van der Waals surface area (Å²) in [7, 11) is 1.72. The fraction of sp³-hybridized carbons (Fsp3) is 0.559. The number of rotatable bonds is 7. The van der Waals surface area contributed by atoms with Crippen LogP contribution in [0, 0.1) is 11.3 Å². The molecule has 0 saturated carbocycles. The summed E-state index contributed by atoms with van der Waals surface area (Å²) >= 11 is 0. The molecule has 3 amide bonds. The van der Waals surface area contributed by atoms with Crippen LogP contribution in [0.25, 0.3) is 0 Å². The zero-order chi connectivity index (χ0) is 30.1. The lowest BCUT2D eigenvalue weighted by molar-refractivity contribution is -0.147. The van der Waals surface area contributed by atoms with Crippen molar-refractivity contribution in [2.24, 2.45) is 11.3 Å². The molecule has 1 unspecified atom stereocenters. The molecule has 7 nitrogen and oxygen atoms in total. The normalized spacial score (nSPS) is 21.9. The summed E-state index contributed by atoms with van der Waals surface area (Å²) in [6, 6.07) is 12.7. The molecule has 0 fully saturated rings. The number of carbonyl (C=O) groups is 3. The molecule has 4 rings (SSSR count). The van der Waals surface area contributed by atoms with Gasteiger partial charge in [0.05, 0.1) is 12.1 Å². The highest BCUT2D eigenvalue weighted by Crippen LogP contribution is 2.34. The summed E-state index contributed by atoms with van der Waals surface area (Å²) < 4.78 is 0. The van der Waals surface area contributed by atoms with Crippen molar-refractivity contribution in [3.8, 4) is 0 Å². The van der Waals surface area contributed by atoms with Crippen LogP contribution >= 0.6 is 0 Å². The highest BCUT2D eigenvalue weighted by Gasteiger charge is 2.43. The molecule has 41 heavy (non-hydrogen) atoms. The van der Waals surface area contributed by atoms with Gasteiger partial charge in [0.1, 0.15) is 12.1 Å². The number of fused-ring (bicyclic) bond motifs is 2. The van der Waals surface area contributed by atoms with Gasteiger partial charge in [0.15, 0.2) is 0 Å². The van der Waals surface area contributed by atoms with Crippen LogP contribution in [0.3, 0.4) is 0 Å². The summed E-state index contributed by atoms with van der Waals surface area (Å²) in [5.41, 5.74) is 5.24. The monoisotopic (exact) mass is 560 g/mol. The van der Waals surface area contributed by atoms with Crippen molar-refractivity contribution >= 4 is 17.7 Å². The summed E-state index contributed by atoms with van der Waals surface area (Å²) in [4.78, 5) is 43.2. The maximum atomic E-state index is 14.4. The van der Waals surface area contributed by atoms with E-state index in [9.17, 15) is 14.4 Å². The Bertz CT molecular complexity index is 1280. The fourth-order valence-corrected chi connectivity index (χ4v) is 6.09. The average Bonchev–Trinajstić information content (AvgIpc) is 2.93. The smallest absolute Gasteiger partial charge is 0.246 e. The summed E-state index contributed by atoms with van der Waals surface area (Å²) in [6.45, 7) is 14.5. The highest BCUT2D eigenvalue weighted by atomic mass is 16.2. The Morgan fingerprint density at radius 2 is 1.66 bits per heavy atom. The number of carbonyl (C=O) groups excluding carboxylic acids is 3. The van der Waals surface area contributed by atoms with Crippen LogP contribution in [0.2, 0.25) is 0 Å². The maximum absolute atomic E-state index is 14.4. The molecule has 3 N–H and O–H groups in total. The molecular formula is C34H48N4O3. The molecule has 7 heteroatoms. The van der Waals surface area contributed by atoms with Crippen molar-refractivity contribution in [2.75, 3.05) is 7.05 Å². The summed E-state index contributed by atoms with van der Waals surface area (Å²) in [5.74, 6) is 0.183. The summed E-state index contributed by atoms with van der Waals surface area (Å²) in [6.07, 6.45) is 2.30. The van der Waals surface area contributed by atoms with Crippen molar-refractivity contribution in [2.45, 2.75) is 104 Å². The van der Waals surface area contributed by atoms with Crippen molar-refractivity contribution in [3.63, 3.8) is 0 Å². The van der Waals surface area contributed by atoms with E-state index in [0.29, 0.717) is 24.8 Å². The van der Waals surface area contributed by atoms with E-state index in [0.717, 1.165) is 29.5 Å². The van der Waals surface area contributed by atoms with Crippen LogP contribution in [0.5, 0.6) is 0 Å². The SMILES string of the molecule is CN[C@@H](C)C(=O)N[C@H](C(=O)N1Cc2cc(C(C)C)ccc2C[C@H]1C(=O)N[C@@H]1CC(C)Cc2ccccc21)C(C)(C)C. The Hall–Kier alpha value is -3.19. The third-order valence-electron chi connectivity index (χ3n) is 8.79. The Morgan fingerprint density at radius 1 is 0.951 bits per heavy atom. The molecule has 1 heterocycles. The third-order valence-corrected chi connectivity index (χ3v) is 8.79. The molecule has 0 bridgehead atoms. The van der Waals surface area contributed by atoms with Crippen molar-refractivity contribution in [1.82, 2.24) is 20.9 Å². The van der Waals surface area contributed by atoms with E-state index in [-0.39, 0.29) is 23.8 Å². The Balaban J connectivity index is 1.69. The number of nitrogens with one attached hydrogen (secondary N) is 3. The van der Waals surface area contributed by atoms with Crippen LogP contribution in [-0.4, -0.2) is 47.8 Å². The number of benzene rings is 2.